The number of carbonyl (C=O) groups is 1. The van der Waals surface area contributed by atoms with E-state index in [1.807, 2.05) is 24.3 Å². The molecule has 1 fully saturated rings. The van der Waals surface area contributed by atoms with Crippen molar-refractivity contribution in [3.05, 3.63) is 70.4 Å². The van der Waals surface area contributed by atoms with E-state index in [2.05, 4.69) is 22.3 Å². The van der Waals surface area contributed by atoms with Crippen LogP contribution in [0.2, 0.25) is 0 Å². The van der Waals surface area contributed by atoms with Gasteiger partial charge in [0.1, 0.15) is 5.82 Å². The molecule has 0 bridgehead atoms. The van der Waals surface area contributed by atoms with Crippen molar-refractivity contribution in [3.63, 3.8) is 0 Å². The first-order valence-corrected chi connectivity index (χ1v) is 11.4. The number of nitrogens with one attached hydrogen (secondary N) is 1. The maximum Gasteiger partial charge on any atom is 0.261 e. The van der Waals surface area contributed by atoms with Crippen LogP contribution in [0.3, 0.4) is 0 Å². The first-order chi connectivity index (χ1) is 14.7. The van der Waals surface area contributed by atoms with Crippen molar-refractivity contribution in [2.75, 3.05) is 19.7 Å². The highest BCUT2D eigenvalue weighted by Crippen LogP contribution is 2.34. The van der Waals surface area contributed by atoms with Gasteiger partial charge in [-0.25, -0.2) is 4.39 Å². The summed E-state index contributed by atoms with van der Waals surface area (Å²) in [4.78, 5) is 16.0. The Kier molecular flexibility index (Phi) is 6.77. The molecule has 1 amide bonds. The Hall–Kier alpha value is -2.28. The van der Waals surface area contributed by atoms with Gasteiger partial charge in [-0.1, -0.05) is 36.8 Å². The fourth-order valence-electron chi connectivity index (χ4n) is 4.29. The van der Waals surface area contributed by atoms with E-state index < -0.39 is 0 Å². The molecule has 1 aromatic heterocycles. The fourth-order valence-corrected chi connectivity index (χ4v) is 5.44. The topological polar surface area (TPSA) is 52.6 Å². The molecule has 4 nitrogen and oxygen atoms in total. The molecule has 0 aliphatic carbocycles. The van der Waals surface area contributed by atoms with Gasteiger partial charge in [-0.2, -0.15) is 0 Å². The molecule has 0 spiro atoms. The third kappa shape index (κ3) is 4.72. The second-order valence-corrected chi connectivity index (χ2v) is 8.89. The summed E-state index contributed by atoms with van der Waals surface area (Å²) in [6.07, 6.45) is 4.24. The molecular weight excluding hydrogens is 399 g/mol. The first-order valence-electron chi connectivity index (χ1n) is 10.5. The smallest absolute Gasteiger partial charge is 0.261 e. The van der Waals surface area contributed by atoms with E-state index in [0.717, 1.165) is 58.4 Å². The Labute approximate surface area is 180 Å². The highest BCUT2D eigenvalue weighted by Gasteiger charge is 2.27. The standard InChI is InChI=1S/C24H27FN2O2S/c25-18-10-8-17(9-11-18)16-27-13-4-3-5-19(27)15-21-20-6-1-2-7-22(20)30-23(21)24(29)26-12-14-28/h1-2,6-11,19,28H,3-5,12-16H2,(H,26,29). The summed E-state index contributed by atoms with van der Waals surface area (Å²) >= 11 is 1.52. The number of likely N-dealkylation sites (tertiary alicyclic amines) is 1. The second-order valence-electron chi connectivity index (χ2n) is 7.84. The van der Waals surface area contributed by atoms with Crippen molar-refractivity contribution >= 4 is 27.3 Å². The molecule has 30 heavy (non-hydrogen) atoms. The number of halogens is 1. The molecule has 1 saturated heterocycles. The van der Waals surface area contributed by atoms with Crippen molar-refractivity contribution in [1.82, 2.24) is 10.2 Å². The Morgan fingerprint density at radius 3 is 2.77 bits per heavy atom. The van der Waals surface area contributed by atoms with Gasteiger partial charge in [0.05, 0.1) is 11.5 Å². The van der Waals surface area contributed by atoms with Gasteiger partial charge in [0, 0.05) is 23.8 Å². The number of hydrogen-bond donors (Lipinski definition) is 2. The van der Waals surface area contributed by atoms with E-state index in [9.17, 15) is 9.18 Å². The summed E-state index contributed by atoms with van der Waals surface area (Å²) in [5.74, 6) is -0.321. The maximum atomic E-state index is 13.3. The average Bonchev–Trinajstić information content (AvgIpc) is 3.13. The van der Waals surface area contributed by atoms with Gasteiger partial charge in [0.2, 0.25) is 0 Å². The van der Waals surface area contributed by atoms with Crippen molar-refractivity contribution in [1.29, 1.82) is 0 Å². The number of carbonyl (C=O) groups excluding carboxylic acids is 1. The minimum atomic E-state index is -0.211. The number of thiophene rings is 1. The van der Waals surface area contributed by atoms with E-state index >= 15 is 0 Å². The predicted molar refractivity (Wildman–Crippen MR) is 119 cm³/mol. The highest BCUT2D eigenvalue weighted by molar-refractivity contribution is 7.21. The average molecular weight is 427 g/mol. The van der Waals surface area contributed by atoms with Crippen LogP contribution in [-0.2, 0) is 13.0 Å². The molecule has 1 aliphatic heterocycles. The number of rotatable bonds is 7. The quantitative estimate of drug-likeness (QED) is 0.590. The van der Waals surface area contributed by atoms with Crippen LogP contribution < -0.4 is 5.32 Å². The molecule has 158 valence electrons. The fraction of sp³-hybridized carbons (Fsp3) is 0.375. The van der Waals surface area contributed by atoms with Crippen LogP contribution >= 0.6 is 11.3 Å². The van der Waals surface area contributed by atoms with Crippen LogP contribution in [0.15, 0.2) is 48.5 Å². The highest BCUT2D eigenvalue weighted by atomic mass is 32.1. The lowest BCUT2D eigenvalue weighted by Gasteiger charge is -2.36. The van der Waals surface area contributed by atoms with Crippen molar-refractivity contribution in [3.8, 4) is 0 Å². The van der Waals surface area contributed by atoms with Gasteiger partial charge < -0.3 is 10.4 Å². The Balaban J connectivity index is 1.60. The zero-order valence-electron chi connectivity index (χ0n) is 16.9. The summed E-state index contributed by atoms with van der Waals surface area (Å²) in [5.41, 5.74) is 2.21. The Morgan fingerprint density at radius 1 is 1.17 bits per heavy atom. The SMILES string of the molecule is O=C(NCCO)c1sc2ccccc2c1CC1CCCCN1Cc1ccc(F)cc1. The number of hydrogen-bond acceptors (Lipinski definition) is 4. The van der Waals surface area contributed by atoms with Crippen LogP contribution in [0.4, 0.5) is 4.39 Å². The number of aliphatic hydroxyl groups is 1. The number of benzene rings is 2. The predicted octanol–water partition coefficient (Wildman–Crippen LogP) is 4.36. The molecule has 1 atom stereocenters. The molecule has 2 N–H and O–H groups in total. The second kappa shape index (κ2) is 9.69. The number of piperidine rings is 1. The third-order valence-electron chi connectivity index (χ3n) is 5.79. The molecule has 1 unspecified atom stereocenters. The summed E-state index contributed by atoms with van der Waals surface area (Å²) in [7, 11) is 0. The zero-order chi connectivity index (χ0) is 20.9. The van der Waals surface area contributed by atoms with Crippen molar-refractivity contribution in [2.45, 2.75) is 38.3 Å². The zero-order valence-corrected chi connectivity index (χ0v) is 17.8. The minimum absolute atomic E-state index is 0.0694. The van der Waals surface area contributed by atoms with Crippen molar-refractivity contribution < 1.29 is 14.3 Å². The summed E-state index contributed by atoms with van der Waals surface area (Å²) in [6.45, 7) is 1.99. The van der Waals surface area contributed by atoms with Gasteiger partial charge in [-0.05, 0) is 60.5 Å². The largest absolute Gasteiger partial charge is 0.395 e. The lowest BCUT2D eigenvalue weighted by atomic mass is 9.93. The monoisotopic (exact) mass is 426 g/mol. The lowest BCUT2D eigenvalue weighted by Crippen LogP contribution is -2.40. The van der Waals surface area contributed by atoms with Crippen LogP contribution in [-0.4, -0.2) is 41.7 Å². The number of fused-ring (bicyclic) bond motifs is 1. The van der Waals surface area contributed by atoms with Crippen LogP contribution in [0.1, 0.15) is 40.1 Å². The van der Waals surface area contributed by atoms with Gasteiger partial charge >= 0.3 is 0 Å². The van der Waals surface area contributed by atoms with Crippen LogP contribution in [0.25, 0.3) is 10.1 Å². The molecule has 2 aromatic carbocycles. The molecule has 2 heterocycles. The van der Waals surface area contributed by atoms with Crippen LogP contribution in [0.5, 0.6) is 0 Å². The van der Waals surface area contributed by atoms with Crippen LogP contribution in [0, 0.1) is 5.82 Å². The summed E-state index contributed by atoms with van der Waals surface area (Å²) in [6, 6.07) is 15.3. The number of amides is 1. The molecule has 3 aromatic rings. The van der Waals surface area contributed by atoms with Crippen molar-refractivity contribution in [2.24, 2.45) is 0 Å². The van der Waals surface area contributed by atoms with Gasteiger partial charge in [-0.3, -0.25) is 9.69 Å². The van der Waals surface area contributed by atoms with E-state index in [-0.39, 0.29) is 24.9 Å². The normalized spacial score (nSPS) is 17.3. The maximum absolute atomic E-state index is 13.3. The third-order valence-corrected chi connectivity index (χ3v) is 7.00. The summed E-state index contributed by atoms with van der Waals surface area (Å²) in [5, 5.41) is 13.0. The molecule has 0 radical (unpaired) electrons. The van der Waals surface area contributed by atoms with E-state index in [1.165, 1.54) is 29.9 Å². The minimum Gasteiger partial charge on any atom is -0.395 e. The number of nitrogens with zero attached hydrogens (tertiary/aromatic N) is 1. The van der Waals surface area contributed by atoms with Gasteiger partial charge in [0.15, 0.2) is 0 Å². The van der Waals surface area contributed by atoms with Gasteiger partial charge in [0.25, 0.3) is 5.91 Å². The van der Waals surface area contributed by atoms with E-state index in [0.29, 0.717) is 6.04 Å². The first kappa shape index (κ1) is 21.0. The van der Waals surface area contributed by atoms with E-state index in [4.69, 9.17) is 5.11 Å². The van der Waals surface area contributed by atoms with E-state index in [1.54, 1.807) is 0 Å². The molecule has 0 saturated carbocycles. The molecule has 6 heteroatoms. The lowest BCUT2D eigenvalue weighted by molar-refractivity contribution is 0.0946. The Bertz CT molecular complexity index is 1000. The molecule has 4 rings (SSSR count). The summed E-state index contributed by atoms with van der Waals surface area (Å²) < 4.78 is 14.4. The van der Waals surface area contributed by atoms with Gasteiger partial charge in [-0.15, -0.1) is 11.3 Å². The molecule has 1 aliphatic rings. The number of aliphatic hydroxyl groups excluding tert-OH is 1. The Morgan fingerprint density at radius 2 is 1.97 bits per heavy atom. The molecular formula is C24H27FN2O2S.